The van der Waals surface area contributed by atoms with Crippen LogP contribution in [0.3, 0.4) is 0 Å². The van der Waals surface area contributed by atoms with E-state index in [9.17, 15) is 9.59 Å². The molecule has 1 amide bonds. The van der Waals surface area contributed by atoms with Crippen molar-refractivity contribution in [1.29, 1.82) is 0 Å². The minimum Gasteiger partial charge on any atom is -0.450 e. The summed E-state index contributed by atoms with van der Waals surface area (Å²) in [6.07, 6.45) is 7.94. The van der Waals surface area contributed by atoms with Gasteiger partial charge in [-0.05, 0) is 19.8 Å². The molecule has 4 nitrogen and oxygen atoms in total. The largest absolute Gasteiger partial charge is 0.450 e. The number of aldehydes is 1. The molecule has 0 spiro atoms. The smallest absolute Gasteiger partial charge is 0.409 e. The fourth-order valence-corrected chi connectivity index (χ4v) is 2.00. The number of likely N-dealkylation sites (tertiary alicyclic amines) is 1. The van der Waals surface area contributed by atoms with E-state index >= 15 is 0 Å². The van der Waals surface area contributed by atoms with Gasteiger partial charge in [0.1, 0.15) is 6.29 Å². The Balaban J connectivity index is 0.000000459. The fourth-order valence-electron chi connectivity index (χ4n) is 2.00. The summed E-state index contributed by atoms with van der Waals surface area (Å²) in [5.74, 6) is -0.00171. The Labute approximate surface area is 117 Å². The lowest BCUT2D eigenvalue weighted by atomic mass is 10.0. The van der Waals surface area contributed by atoms with Gasteiger partial charge >= 0.3 is 6.09 Å². The zero-order valence-corrected chi connectivity index (χ0v) is 12.7. The van der Waals surface area contributed by atoms with Gasteiger partial charge in [-0.1, -0.05) is 39.5 Å². The Morgan fingerprint density at radius 2 is 1.89 bits per heavy atom. The van der Waals surface area contributed by atoms with Gasteiger partial charge in [-0.25, -0.2) is 4.79 Å². The molecule has 1 aliphatic rings. The molecule has 0 aliphatic carbocycles. The average molecular weight is 271 g/mol. The summed E-state index contributed by atoms with van der Waals surface area (Å²) in [7, 11) is 0. The van der Waals surface area contributed by atoms with Crippen molar-refractivity contribution in [3.8, 4) is 0 Å². The first-order chi connectivity index (χ1) is 9.19. The van der Waals surface area contributed by atoms with Crippen molar-refractivity contribution >= 4 is 12.4 Å². The number of piperidine rings is 1. The van der Waals surface area contributed by atoms with Crippen molar-refractivity contribution in [3.05, 3.63) is 0 Å². The van der Waals surface area contributed by atoms with Crippen LogP contribution in [0.1, 0.15) is 59.3 Å². The normalized spacial score (nSPS) is 18.3. The Morgan fingerprint density at radius 3 is 2.37 bits per heavy atom. The molecule has 1 heterocycles. The number of carbonyl (C=O) groups is 2. The van der Waals surface area contributed by atoms with Gasteiger partial charge in [-0.15, -0.1) is 0 Å². The first kappa shape index (κ1) is 17.9. The number of ether oxygens (including phenoxy) is 1. The summed E-state index contributed by atoms with van der Waals surface area (Å²) < 4.78 is 4.85. The zero-order chi connectivity index (χ0) is 14.5. The van der Waals surface area contributed by atoms with Gasteiger partial charge < -0.3 is 14.4 Å². The quantitative estimate of drug-likeness (QED) is 0.566. The summed E-state index contributed by atoms with van der Waals surface area (Å²) in [4.78, 5) is 23.4. The summed E-state index contributed by atoms with van der Waals surface area (Å²) >= 11 is 0. The number of carbonyl (C=O) groups excluding carboxylic acids is 2. The first-order valence-corrected chi connectivity index (χ1v) is 7.56. The predicted octanol–water partition coefficient (Wildman–Crippen LogP) is 3.64. The monoisotopic (exact) mass is 271 g/mol. The molecular formula is C15H29NO3. The molecule has 1 aliphatic heterocycles. The van der Waals surface area contributed by atoms with Crippen LogP contribution in [0.25, 0.3) is 0 Å². The van der Waals surface area contributed by atoms with Crippen LogP contribution in [0.5, 0.6) is 0 Å². The predicted molar refractivity (Wildman–Crippen MR) is 77.2 cm³/mol. The molecule has 112 valence electrons. The lowest BCUT2D eigenvalue weighted by Crippen LogP contribution is -2.40. The van der Waals surface area contributed by atoms with Crippen molar-refractivity contribution in [3.63, 3.8) is 0 Å². The molecule has 1 saturated heterocycles. The van der Waals surface area contributed by atoms with E-state index in [-0.39, 0.29) is 12.0 Å². The minimum atomic E-state index is -0.297. The number of amides is 1. The van der Waals surface area contributed by atoms with Crippen molar-refractivity contribution in [2.24, 2.45) is 5.92 Å². The second-order valence-electron chi connectivity index (χ2n) is 4.89. The molecule has 0 aromatic heterocycles. The molecular weight excluding hydrogens is 242 g/mol. The number of unbranched alkanes of at least 4 members (excludes halogenated alkanes) is 3. The molecule has 0 radical (unpaired) electrons. The number of hydrogen-bond acceptors (Lipinski definition) is 3. The molecule has 1 unspecified atom stereocenters. The number of nitrogens with zero attached hydrogens (tertiary/aromatic N) is 1. The first-order valence-electron chi connectivity index (χ1n) is 7.56. The van der Waals surface area contributed by atoms with Gasteiger partial charge in [0.25, 0.3) is 0 Å². The van der Waals surface area contributed by atoms with Gasteiger partial charge in [0.05, 0.1) is 6.61 Å². The molecule has 1 atom stereocenters. The topological polar surface area (TPSA) is 46.6 Å². The molecule has 0 aromatic carbocycles. The molecule has 0 N–H and O–H groups in total. The van der Waals surface area contributed by atoms with Gasteiger partial charge in [-0.3, -0.25) is 0 Å². The second-order valence-corrected chi connectivity index (χ2v) is 4.89. The molecule has 0 aromatic rings. The van der Waals surface area contributed by atoms with Gasteiger partial charge in [0.2, 0.25) is 0 Å². The average Bonchev–Trinajstić information content (AvgIpc) is 2.46. The van der Waals surface area contributed by atoms with Crippen LogP contribution in [0.4, 0.5) is 4.79 Å². The van der Waals surface area contributed by atoms with E-state index in [4.69, 9.17) is 4.74 Å². The highest BCUT2D eigenvalue weighted by Gasteiger charge is 2.23. The Morgan fingerprint density at radius 1 is 1.26 bits per heavy atom. The fraction of sp³-hybridized carbons (Fsp3) is 0.867. The van der Waals surface area contributed by atoms with Crippen LogP contribution in [-0.4, -0.2) is 37.0 Å². The van der Waals surface area contributed by atoms with Crippen LogP contribution >= 0.6 is 0 Å². The Bertz CT molecular complexity index is 240. The Hall–Kier alpha value is -1.06. The summed E-state index contributed by atoms with van der Waals surface area (Å²) in [6.45, 7) is 7.86. The standard InChI is InChI=1S/C9H15NO3.C6H14/c1-2-13-9(12)10-5-3-4-8(6-10)7-11;1-3-5-6-4-2/h7-8H,2-6H2,1H3;3-6H2,1-2H3. The highest BCUT2D eigenvalue weighted by Crippen LogP contribution is 2.14. The third-order valence-electron chi connectivity index (χ3n) is 3.13. The van der Waals surface area contributed by atoms with E-state index in [0.29, 0.717) is 19.7 Å². The maximum absolute atomic E-state index is 11.2. The second kappa shape index (κ2) is 12.0. The summed E-state index contributed by atoms with van der Waals surface area (Å²) in [6, 6.07) is 0. The maximum atomic E-state index is 11.2. The lowest BCUT2D eigenvalue weighted by Gasteiger charge is -2.29. The molecule has 0 saturated carbocycles. The van der Waals surface area contributed by atoms with E-state index in [1.54, 1.807) is 11.8 Å². The van der Waals surface area contributed by atoms with Gasteiger partial charge in [-0.2, -0.15) is 0 Å². The SMILES string of the molecule is CCCCCC.CCOC(=O)N1CCCC(C=O)C1. The lowest BCUT2D eigenvalue weighted by molar-refractivity contribution is -0.112. The van der Waals surface area contributed by atoms with Crippen LogP contribution in [0.15, 0.2) is 0 Å². The van der Waals surface area contributed by atoms with E-state index in [1.165, 1.54) is 25.7 Å². The molecule has 19 heavy (non-hydrogen) atoms. The van der Waals surface area contributed by atoms with E-state index < -0.39 is 0 Å². The number of rotatable bonds is 5. The zero-order valence-electron chi connectivity index (χ0n) is 12.7. The third-order valence-corrected chi connectivity index (χ3v) is 3.13. The van der Waals surface area contributed by atoms with Crippen molar-refractivity contribution in [2.75, 3.05) is 19.7 Å². The van der Waals surface area contributed by atoms with Crippen molar-refractivity contribution in [2.45, 2.75) is 59.3 Å². The van der Waals surface area contributed by atoms with Gasteiger partial charge in [0, 0.05) is 19.0 Å². The number of hydrogen-bond donors (Lipinski definition) is 0. The van der Waals surface area contributed by atoms with Crippen LogP contribution in [0.2, 0.25) is 0 Å². The highest BCUT2D eigenvalue weighted by molar-refractivity contribution is 5.68. The molecule has 0 bridgehead atoms. The van der Waals surface area contributed by atoms with Crippen molar-refractivity contribution in [1.82, 2.24) is 4.90 Å². The summed E-state index contributed by atoms with van der Waals surface area (Å²) in [5.41, 5.74) is 0. The third kappa shape index (κ3) is 8.62. The van der Waals surface area contributed by atoms with E-state index in [0.717, 1.165) is 19.1 Å². The Kier molecular flexibility index (Phi) is 11.3. The van der Waals surface area contributed by atoms with Crippen LogP contribution < -0.4 is 0 Å². The van der Waals surface area contributed by atoms with Crippen LogP contribution in [0, 0.1) is 5.92 Å². The molecule has 1 rings (SSSR count). The van der Waals surface area contributed by atoms with Crippen LogP contribution in [-0.2, 0) is 9.53 Å². The highest BCUT2D eigenvalue weighted by atomic mass is 16.6. The van der Waals surface area contributed by atoms with E-state index in [1.807, 2.05) is 0 Å². The van der Waals surface area contributed by atoms with Gasteiger partial charge in [0.15, 0.2) is 0 Å². The maximum Gasteiger partial charge on any atom is 0.409 e. The van der Waals surface area contributed by atoms with E-state index in [2.05, 4.69) is 13.8 Å². The minimum absolute atomic E-state index is 0.00171. The summed E-state index contributed by atoms with van der Waals surface area (Å²) in [5, 5.41) is 0. The van der Waals surface area contributed by atoms with Crippen molar-refractivity contribution < 1.29 is 14.3 Å². The molecule has 1 fully saturated rings. The molecule has 4 heteroatoms.